The lowest BCUT2D eigenvalue weighted by Gasteiger charge is -2.34. The normalized spacial score (nSPS) is 21.6. The van der Waals surface area contributed by atoms with Crippen LogP contribution in [0.5, 0.6) is 0 Å². The SMILES string of the molecule is CCCC(NC(=O)C1[C@H]2CCC[C@H]2CN1C(=O)C(NC(=O)[C@H](NC(=O)c1cnccn1)C(C)C)C(C)C)C(=O)C(=O)N[C@H](C)CC. The van der Waals surface area contributed by atoms with Crippen molar-refractivity contribution in [2.45, 2.75) is 117 Å². The molecule has 0 spiro atoms. The van der Waals surface area contributed by atoms with Crippen molar-refractivity contribution in [1.82, 2.24) is 36.1 Å². The maximum Gasteiger partial charge on any atom is 0.289 e. The summed E-state index contributed by atoms with van der Waals surface area (Å²) in [6.07, 6.45) is 8.20. The van der Waals surface area contributed by atoms with Crippen molar-refractivity contribution in [1.29, 1.82) is 0 Å². The van der Waals surface area contributed by atoms with E-state index in [1.165, 1.54) is 18.6 Å². The predicted octanol–water partition coefficient (Wildman–Crippen LogP) is 1.77. The highest BCUT2D eigenvalue weighted by Gasteiger charge is 2.51. The van der Waals surface area contributed by atoms with Gasteiger partial charge in [0, 0.05) is 25.0 Å². The Kier molecular flexibility index (Phi) is 13.2. The summed E-state index contributed by atoms with van der Waals surface area (Å²) >= 11 is 0. The summed E-state index contributed by atoms with van der Waals surface area (Å²) in [6, 6.07) is -3.95. The van der Waals surface area contributed by atoms with Gasteiger partial charge >= 0.3 is 0 Å². The Morgan fingerprint density at radius 1 is 0.891 bits per heavy atom. The molecular formula is C33H51N7O6. The molecule has 7 atom stereocenters. The Labute approximate surface area is 271 Å². The number of carbonyl (C=O) groups is 6. The van der Waals surface area contributed by atoms with E-state index in [2.05, 4.69) is 31.2 Å². The first-order chi connectivity index (χ1) is 21.8. The van der Waals surface area contributed by atoms with Gasteiger partial charge in [0.2, 0.25) is 23.5 Å². The zero-order valence-corrected chi connectivity index (χ0v) is 28.2. The van der Waals surface area contributed by atoms with Gasteiger partial charge in [-0.3, -0.25) is 33.8 Å². The van der Waals surface area contributed by atoms with Crippen LogP contribution in [-0.2, 0) is 24.0 Å². The zero-order chi connectivity index (χ0) is 34.1. The van der Waals surface area contributed by atoms with Crippen molar-refractivity contribution >= 4 is 35.3 Å². The zero-order valence-electron chi connectivity index (χ0n) is 28.2. The molecule has 13 heteroatoms. The molecule has 1 aliphatic carbocycles. The van der Waals surface area contributed by atoms with E-state index in [1.54, 1.807) is 25.7 Å². The second-order valence-electron chi connectivity index (χ2n) is 13.3. The third kappa shape index (κ3) is 8.88. The van der Waals surface area contributed by atoms with Crippen LogP contribution in [0.1, 0.15) is 97.5 Å². The lowest BCUT2D eigenvalue weighted by Crippen LogP contribution is -2.60. The lowest BCUT2D eigenvalue weighted by molar-refractivity contribution is -0.145. The average Bonchev–Trinajstić information content (AvgIpc) is 3.63. The van der Waals surface area contributed by atoms with Gasteiger partial charge in [0.25, 0.3) is 11.8 Å². The van der Waals surface area contributed by atoms with Gasteiger partial charge in [-0.25, -0.2) is 4.98 Å². The number of fused-ring (bicyclic) bond motifs is 1. The molecule has 3 rings (SSSR count). The molecule has 2 fully saturated rings. The summed E-state index contributed by atoms with van der Waals surface area (Å²) in [5.41, 5.74) is 0.0621. The Bertz CT molecular complexity index is 1260. The first-order valence-electron chi connectivity index (χ1n) is 16.6. The Morgan fingerprint density at radius 2 is 1.59 bits per heavy atom. The average molecular weight is 642 g/mol. The number of carbonyl (C=O) groups excluding carboxylic acids is 6. The van der Waals surface area contributed by atoms with E-state index < -0.39 is 59.5 Å². The van der Waals surface area contributed by atoms with E-state index in [0.29, 0.717) is 19.4 Å². The van der Waals surface area contributed by atoms with Crippen LogP contribution in [0.2, 0.25) is 0 Å². The third-order valence-corrected chi connectivity index (χ3v) is 9.13. The van der Waals surface area contributed by atoms with Crippen molar-refractivity contribution < 1.29 is 28.8 Å². The first-order valence-corrected chi connectivity index (χ1v) is 16.6. The minimum Gasteiger partial charge on any atom is -0.347 e. The molecule has 1 aromatic rings. The second kappa shape index (κ2) is 16.6. The number of hydrogen-bond acceptors (Lipinski definition) is 8. The summed E-state index contributed by atoms with van der Waals surface area (Å²) in [7, 11) is 0. The Hall–Kier alpha value is -3.90. The molecule has 254 valence electrons. The minimum atomic E-state index is -1.01. The van der Waals surface area contributed by atoms with Gasteiger partial charge in [0.15, 0.2) is 0 Å². The second-order valence-corrected chi connectivity index (χ2v) is 13.3. The molecule has 0 radical (unpaired) electrons. The van der Waals surface area contributed by atoms with Crippen molar-refractivity contribution in [3.63, 3.8) is 0 Å². The summed E-state index contributed by atoms with van der Waals surface area (Å²) in [5, 5.41) is 11.1. The van der Waals surface area contributed by atoms with Crippen molar-refractivity contribution in [2.75, 3.05) is 6.54 Å². The van der Waals surface area contributed by atoms with Crippen LogP contribution in [0.4, 0.5) is 0 Å². The molecule has 13 nitrogen and oxygen atoms in total. The van der Waals surface area contributed by atoms with Crippen LogP contribution in [0.3, 0.4) is 0 Å². The standard InChI is InChI=1S/C33H51N7O6/c1-8-11-23(28(41)32(45)36-20(7)9-2)37-31(44)27-22-13-10-12-21(22)17-40(27)33(46)26(19(5)6)39-30(43)25(18(3)4)38-29(42)24-16-34-14-15-35-24/h14-16,18-23,25-27H,8-13,17H2,1-7H3,(H,36,45)(H,37,44)(H,38,42)(H,39,43)/t20-,21+,22+,23?,25-,26?,27?/m1/s1. The number of nitrogens with zero attached hydrogens (tertiary/aromatic N) is 3. The van der Waals surface area contributed by atoms with Crippen LogP contribution < -0.4 is 21.3 Å². The van der Waals surface area contributed by atoms with Crippen molar-refractivity contribution in [3.8, 4) is 0 Å². The third-order valence-electron chi connectivity index (χ3n) is 9.13. The molecular weight excluding hydrogens is 590 g/mol. The number of ketones is 1. The van der Waals surface area contributed by atoms with Crippen LogP contribution in [-0.4, -0.2) is 86.9 Å². The number of hydrogen-bond donors (Lipinski definition) is 4. The van der Waals surface area contributed by atoms with Gasteiger partial charge in [-0.2, -0.15) is 0 Å². The van der Waals surface area contributed by atoms with Gasteiger partial charge in [-0.1, -0.05) is 54.4 Å². The van der Waals surface area contributed by atoms with E-state index in [-0.39, 0.29) is 41.8 Å². The molecule has 0 aromatic carbocycles. The van der Waals surface area contributed by atoms with E-state index in [0.717, 1.165) is 19.3 Å². The summed E-state index contributed by atoms with van der Waals surface area (Å²) in [4.78, 5) is 89.7. The highest BCUT2D eigenvalue weighted by molar-refractivity contribution is 6.38. The van der Waals surface area contributed by atoms with E-state index in [4.69, 9.17) is 0 Å². The maximum absolute atomic E-state index is 14.2. The molecule has 1 saturated carbocycles. The van der Waals surface area contributed by atoms with E-state index in [1.807, 2.05) is 27.7 Å². The summed E-state index contributed by atoms with van der Waals surface area (Å²) in [5.74, 6) is -4.00. The quantitative estimate of drug-likeness (QED) is 0.209. The fourth-order valence-electron chi connectivity index (χ4n) is 6.34. The molecule has 0 bridgehead atoms. The smallest absolute Gasteiger partial charge is 0.289 e. The number of nitrogens with one attached hydrogen (secondary N) is 4. The number of Topliss-reactive ketones (excluding diaryl/α,β-unsaturated/α-hetero) is 1. The van der Waals surface area contributed by atoms with E-state index in [9.17, 15) is 28.8 Å². The minimum absolute atomic E-state index is 0.0621. The topological polar surface area (TPSA) is 180 Å². The monoisotopic (exact) mass is 641 g/mol. The molecule has 3 unspecified atom stereocenters. The molecule has 1 saturated heterocycles. The number of amides is 5. The van der Waals surface area contributed by atoms with Crippen molar-refractivity contribution in [3.05, 3.63) is 24.3 Å². The summed E-state index contributed by atoms with van der Waals surface area (Å²) < 4.78 is 0. The van der Waals surface area contributed by atoms with Crippen molar-refractivity contribution in [2.24, 2.45) is 23.7 Å². The molecule has 2 aliphatic rings. The molecule has 2 heterocycles. The van der Waals surface area contributed by atoms with Gasteiger partial charge in [-0.05, 0) is 56.3 Å². The predicted molar refractivity (Wildman–Crippen MR) is 171 cm³/mol. The lowest BCUT2D eigenvalue weighted by atomic mass is 9.92. The van der Waals surface area contributed by atoms with Gasteiger partial charge in [0.05, 0.1) is 12.2 Å². The highest BCUT2D eigenvalue weighted by Crippen LogP contribution is 2.42. The first kappa shape index (κ1) is 36.6. The molecule has 5 amide bonds. The van der Waals surface area contributed by atoms with Crippen LogP contribution in [0.15, 0.2) is 18.6 Å². The van der Waals surface area contributed by atoms with E-state index >= 15 is 0 Å². The highest BCUT2D eigenvalue weighted by atomic mass is 16.2. The van der Waals surface area contributed by atoms with Gasteiger partial charge in [0.1, 0.15) is 23.8 Å². The Balaban J connectivity index is 1.80. The molecule has 4 N–H and O–H groups in total. The van der Waals surface area contributed by atoms with Gasteiger partial charge < -0.3 is 26.2 Å². The number of aromatic nitrogens is 2. The fourth-order valence-corrected chi connectivity index (χ4v) is 6.34. The van der Waals surface area contributed by atoms with Crippen LogP contribution in [0.25, 0.3) is 0 Å². The number of rotatable bonds is 15. The van der Waals surface area contributed by atoms with Crippen LogP contribution >= 0.6 is 0 Å². The molecule has 1 aromatic heterocycles. The largest absolute Gasteiger partial charge is 0.347 e. The summed E-state index contributed by atoms with van der Waals surface area (Å²) in [6.45, 7) is 13.1. The van der Waals surface area contributed by atoms with Crippen LogP contribution in [0, 0.1) is 23.7 Å². The molecule has 1 aliphatic heterocycles. The molecule has 46 heavy (non-hydrogen) atoms. The Morgan fingerprint density at radius 3 is 2.17 bits per heavy atom. The van der Waals surface area contributed by atoms with Gasteiger partial charge in [-0.15, -0.1) is 0 Å². The maximum atomic E-state index is 14.2. The fraction of sp³-hybridized carbons (Fsp3) is 0.697. The number of likely N-dealkylation sites (tertiary alicyclic amines) is 1.